The van der Waals surface area contributed by atoms with Gasteiger partial charge in [-0.2, -0.15) is 0 Å². The fraction of sp³-hybridized carbons (Fsp3) is 0.188. The molecular formula is C16H18N3O. The van der Waals surface area contributed by atoms with Gasteiger partial charge in [0.05, 0.1) is 0 Å². The predicted octanol–water partition coefficient (Wildman–Crippen LogP) is 0.916. The van der Waals surface area contributed by atoms with E-state index in [1.165, 1.54) is 0 Å². The largest absolute Gasteiger partial charge is 0.350 e. The number of nitrogens with two attached hydrogens (primary N) is 2. The first-order valence-corrected chi connectivity index (χ1v) is 6.44. The molecule has 1 atom stereocenters. The average Bonchev–Trinajstić information content (AvgIpc) is 2.53. The van der Waals surface area contributed by atoms with E-state index in [0.29, 0.717) is 12.1 Å². The smallest absolute Gasteiger partial charge is 0.246 e. The van der Waals surface area contributed by atoms with Gasteiger partial charge in [0, 0.05) is 13.1 Å². The zero-order valence-corrected chi connectivity index (χ0v) is 11.2. The summed E-state index contributed by atoms with van der Waals surface area (Å²) >= 11 is 0. The van der Waals surface area contributed by atoms with Crippen molar-refractivity contribution >= 4 is 5.91 Å². The molecule has 0 aliphatic carbocycles. The number of hydrogen-bond donors (Lipinski definition) is 3. The van der Waals surface area contributed by atoms with Crippen molar-refractivity contribution in [3.8, 4) is 0 Å². The lowest BCUT2D eigenvalue weighted by Crippen LogP contribution is -2.55. The van der Waals surface area contributed by atoms with Gasteiger partial charge in [-0.1, -0.05) is 54.6 Å². The van der Waals surface area contributed by atoms with E-state index < -0.39 is 5.54 Å². The summed E-state index contributed by atoms with van der Waals surface area (Å²) in [5.41, 5.74) is 12.4. The second kappa shape index (κ2) is 6.32. The van der Waals surface area contributed by atoms with Gasteiger partial charge >= 0.3 is 0 Å². The summed E-state index contributed by atoms with van der Waals surface area (Å²) < 4.78 is 0. The summed E-state index contributed by atoms with van der Waals surface area (Å²) in [5, 5.41) is 2.83. The highest BCUT2D eigenvalue weighted by Crippen LogP contribution is 2.17. The summed E-state index contributed by atoms with van der Waals surface area (Å²) in [5.74, 6) is -0.279. The van der Waals surface area contributed by atoms with Crippen molar-refractivity contribution in [3.05, 3.63) is 71.8 Å². The van der Waals surface area contributed by atoms with E-state index in [-0.39, 0.29) is 12.5 Å². The Morgan fingerprint density at radius 1 is 1.15 bits per heavy atom. The normalized spacial score (nSPS) is 13.5. The molecule has 4 nitrogen and oxygen atoms in total. The van der Waals surface area contributed by atoms with Gasteiger partial charge in [0.2, 0.25) is 5.91 Å². The van der Waals surface area contributed by atoms with E-state index >= 15 is 0 Å². The molecule has 0 aromatic heterocycles. The standard InChI is InChI=1S/C16H18N3O/c17-12-16(18,14-9-5-2-6-10-14)15(20)19-11-13-7-3-1-4-8-13/h2-10H,11-12,17-18H2,(H,19,20). The Hall–Kier alpha value is -2.17. The highest BCUT2D eigenvalue weighted by atomic mass is 16.2. The quantitative estimate of drug-likeness (QED) is 0.754. The number of amides is 1. The van der Waals surface area contributed by atoms with Crippen LogP contribution >= 0.6 is 0 Å². The van der Waals surface area contributed by atoms with Gasteiger partial charge in [0.1, 0.15) is 5.54 Å². The third-order valence-electron chi connectivity index (χ3n) is 3.26. The molecule has 0 heterocycles. The van der Waals surface area contributed by atoms with Crippen molar-refractivity contribution in [2.45, 2.75) is 12.1 Å². The maximum Gasteiger partial charge on any atom is 0.246 e. The van der Waals surface area contributed by atoms with E-state index in [4.69, 9.17) is 11.5 Å². The summed E-state index contributed by atoms with van der Waals surface area (Å²) in [6.45, 7) is 0.463. The Morgan fingerprint density at radius 3 is 2.40 bits per heavy atom. The van der Waals surface area contributed by atoms with Gasteiger partial charge in [-0.05, 0) is 17.2 Å². The third-order valence-corrected chi connectivity index (χ3v) is 3.26. The first-order valence-electron chi connectivity index (χ1n) is 6.44. The van der Waals surface area contributed by atoms with Crippen molar-refractivity contribution in [2.75, 3.05) is 6.54 Å². The second-order valence-electron chi connectivity index (χ2n) is 4.63. The maximum atomic E-state index is 12.3. The molecule has 2 aromatic carbocycles. The molecule has 4 heteroatoms. The zero-order valence-electron chi connectivity index (χ0n) is 11.2. The Labute approximate surface area is 118 Å². The molecule has 20 heavy (non-hydrogen) atoms. The molecule has 2 aromatic rings. The lowest BCUT2D eigenvalue weighted by atomic mass is 9.90. The summed E-state index contributed by atoms with van der Waals surface area (Å²) in [6, 6.07) is 19.5. The Kier molecular flexibility index (Phi) is 4.50. The fourth-order valence-corrected chi connectivity index (χ4v) is 1.96. The lowest BCUT2D eigenvalue weighted by Gasteiger charge is -2.27. The van der Waals surface area contributed by atoms with E-state index in [0.717, 1.165) is 5.56 Å². The van der Waals surface area contributed by atoms with Crippen LogP contribution in [0.25, 0.3) is 0 Å². The van der Waals surface area contributed by atoms with Crippen molar-refractivity contribution in [1.82, 2.24) is 5.32 Å². The van der Waals surface area contributed by atoms with Gasteiger partial charge < -0.3 is 16.8 Å². The Morgan fingerprint density at radius 2 is 1.80 bits per heavy atom. The highest BCUT2D eigenvalue weighted by Gasteiger charge is 2.34. The third kappa shape index (κ3) is 3.04. The fourth-order valence-electron chi connectivity index (χ4n) is 1.96. The molecule has 1 amide bonds. The summed E-state index contributed by atoms with van der Waals surface area (Å²) in [6.07, 6.45) is 0. The number of nitrogens with one attached hydrogen (secondary N) is 1. The number of carbonyl (C=O) groups excluding carboxylic acids is 1. The van der Waals surface area contributed by atoms with Crippen molar-refractivity contribution in [1.29, 1.82) is 0 Å². The molecule has 5 N–H and O–H groups in total. The molecule has 0 fully saturated rings. The number of rotatable bonds is 5. The lowest BCUT2D eigenvalue weighted by molar-refractivity contribution is -0.126. The monoisotopic (exact) mass is 268 g/mol. The molecule has 0 aliphatic heterocycles. The first-order chi connectivity index (χ1) is 9.66. The molecule has 0 spiro atoms. The van der Waals surface area contributed by atoms with Crippen LogP contribution in [0.3, 0.4) is 0 Å². The van der Waals surface area contributed by atoms with Crippen molar-refractivity contribution < 1.29 is 4.79 Å². The Bertz CT molecular complexity index is 556. The van der Waals surface area contributed by atoms with Gasteiger partial charge in [0.25, 0.3) is 0 Å². The van der Waals surface area contributed by atoms with Gasteiger partial charge in [-0.15, -0.1) is 0 Å². The van der Waals surface area contributed by atoms with Gasteiger partial charge in [-0.25, -0.2) is 0 Å². The summed E-state index contributed by atoms with van der Waals surface area (Å²) in [4.78, 5) is 12.3. The molecule has 0 saturated carbocycles. The Balaban J connectivity index is 2.10. The first kappa shape index (κ1) is 14.2. The van der Waals surface area contributed by atoms with E-state index in [1.807, 2.05) is 42.5 Å². The van der Waals surface area contributed by atoms with E-state index in [2.05, 4.69) is 11.4 Å². The minimum atomic E-state index is -1.21. The number of carbonyl (C=O) groups is 1. The topological polar surface area (TPSA) is 81.1 Å². The van der Waals surface area contributed by atoms with Gasteiger partial charge in [0.15, 0.2) is 0 Å². The number of hydrogen-bond acceptors (Lipinski definition) is 3. The van der Waals surface area contributed by atoms with Crippen LogP contribution in [0, 0.1) is 6.07 Å². The van der Waals surface area contributed by atoms with Crippen molar-refractivity contribution in [2.24, 2.45) is 11.5 Å². The average molecular weight is 268 g/mol. The van der Waals surface area contributed by atoms with Crippen LogP contribution in [0.2, 0.25) is 0 Å². The van der Waals surface area contributed by atoms with E-state index in [9.17, 15) is 4.79 Å². The highest BCUT2D eigenvalue weighted by molar-refractivity contribution is 5.87. The van der Waals surface area contributed by atoms with Crippen LogP contribution in [0.5, 0.6) is 0 Å². The minimum Gasteiger partial charge on any atom is -0.350 e. The molecule has 103 valence electrons. The van der Waals surface area contributed by atoms with E-state index in [1.54, 1.807) is 12.1 Å². The van der Waals surface area contributed by atoms with Crippen LogP contribution in [-0.2, 0) is 16.9 Å². The SMILES string of the molecule is NCC(N)(C(=O)NCc1cc[c]cc1)c1ccccc1. The van der Waals surface area contributed by atoms with Crippen molar-refractivity contribution in [3.63, 3.8) is 0 Å². The zero-order chi connectivity index (χ0) is 14.4. The van der Waals surface area contributed by atoms with Gasteiger partial charge in [-0.3, -0.25) is 4.79 Å². The molecular weight excluding hydrogens is 250 g/mol. The van der Waals surface area contributed by atoms with Crippen LogP contribution in [-0.4, -0.2) is 12.5 Å². The summed E-state index contributed by atoms with van der Waals surface area (Å²) in [7, 11) is 0. The van der Waals surface area contributed by atoms with Crippen LogP contribution < -0.4 is 16.8 Å². The molecule has 1 radical (unpaired) electrons. The number of benzene rings is 2. The van der Waals surface area contributed by atoms with Crippen LogP contribution in [0.4, 0.5) is 0 Å². The molecule has 0 saturated heterocycles. The predicted molar refractivity (Wildman–Crippen MR) is 78.5 cm³/mol. The van der Waals surface area contributed by atoms with Crippen LogP contribution in [0.1, 0.15) is 11.1 Å². The molecule has 2 rings (SSSR count). The molecule has 1 unspecified atom stereocenters. The second-order valence-corrected chi connectivity index (χ2v) is 4.63. The minimum absolute atomic E-state index is 0.0470. The molecule has 0 bridgehead atoms. The van der Waals surface area contributed by atoms with Crippen LogP contribution in [0.15, 0.2) is 54.6 Å². The molecule has 0 aliphatic rings. The maximum absolute atomic E-state index is 12.3.